The molecule has 0 bridgehead atoms. The number of hydrogen-bond acceptors (Lipinski definition) is 5. The zero-order valence-corrected chi connectivity index (χ0v) is 12.9. The van der Waals surface area contributed by atoms with E-state index in [0.29, 0.717) is 34.9 Å². The van der Waals surface area contributed by atoms with Gasteiger partial charge in [-0.3, -0.25) is 9.78 Å². The highest BCUT2D eigenvalue weighted by Crippen LogP contribution is 2.30. The van der Waals surface area contributed by atoms with E-state index >= 15 is 0 Å². The van der Waals surface area contributed by atoms with Gasteiger partial charge in [-0.1, -0.05) is 30.3 Å². The van der Waals surface area contributed by atoms with Crippen molar-refractivity contribution in [3.8, 4) is 11.5 Å². The lowest BCUT2D eigenvalue weighted by Gasteiger charge is -2.10. The van der Waals surface area contributed by atoms with Gasteiger partial charge in [0, 0.05) is 12.6 Å². The summed E-state index contributed by atoms with van der Waals surface area (Å²) in [7, 11) is 3.08. The van der Waals surface area contributed by atoms with Crippen LogP contribution in [0.15, 0.2) is 47.3 Å². The summed E-state index contributed by atoms with van der Waals surface area (Å²) in [5, 5.41) is 3.57. The number of benzene rings is 2. The van der Waals surface area contributed by atoms with E-state index in [1.807, 2.05) is 30.3 Å². The van der Waals surface area contributed by atoms with Gasteiger partial charge in [-0.2, -0.15) is 0 Å². The smallest absolute Gasteiger partial charge is 0.260 e. The zero-order chi connectivity index (χ0) is 16.2. The number of H-pyrrole nitrogens is 1. The first-order chi connectivity index (χ1) is 11.2. The maximum Gasteiger partial charge on any atom is 0.260 e. The second kappa shape index (κ2) is 6.39. The van der Waals surface area contributed by atoms with Crippen LogP contribution in [-0.4, -0.2) is 24.2 Å². The number of methoxy groups -OCH3 is 2. The van der Waals surface area contributed by atoms with Crippen molar-refractivity contribution in [3.05, 3.63) is 58.4 Å². The molecule has 2 aromatic carbocycles. The Morgan fingerprint density at radius 1 is 1.09 bits per heavy atom. The van der Waals surface area contributed by atoms with Crippen molar-refractivity contribution < 1.29 is 9.47 Å². The summed E-state index contributed by atoms with van der Waals surface area (Å²) < 4.78 is 10.5. The van der Waals surface area contributed by atoms with Gasteiger partial charge in [0.25, 0.3) is 5.56 Å². The summed E-state index contributed by atoms with van der Waals surface area (Å²) >= 11 is 0. The first-order valence-electron chi connectivity index (χ1n) is 7.15. The number of hydrogen-bond donors (Lipinski definition) is 2. The normalized spacial score (nSPS) is 10.5. The molecule has 23 heavy (non-hydrogen) atoms. The van der Waals surface area contributed by atoms with E-state index in [-0.39, 0.29) is 5.56 Å². The van der Waals surface area contributed by atoms with Crippen LogP contribution in [-0.2, 0) is 6.54 Å². The minimum absolute atomic E-state index is 0.230. The van der Waals surface area contributed by atoms with Gasteiger partial charge in [0.15, 0.2) is 11.5 Å². The number of aromatic nitrogens is 2. The van der Waals surface area contributed by atoms with Crippen LogP contribution in [0.1, 0.15) is 5.56 Å². The minimum atomic E-state index is -0.230. The maximum absolute atomic E-state index is 12.2. The number of ether oxygens (including phenoxy) is 2. The van der Waals surface area contributed by atoms with Crippen molar-refractivity contribution >= 4 is 16.9 Å². The van der Waals surface area contributed by atoms with Crippen molar-refractivity contribution in [2.45, 2.75) is 6.54 Å². The van der Waals surface area contributed by atoms with Gasteiger partial charge >= 0.3 is 0 Å². The molecule has 1 heterocycles. The Hall–Kier alpha value is -3.02. The van der Waals surface area contributed by atoms with Crippen molar-refractivity contribution in [1.82, 2.24) is 9.97 Å². The number of rotatable bonds is 5. The van der Waals surface area contributed by atoms with Gasteiger partial charge in [0.2, 0.25) is 5.95 Å². The van der Waals surface area contributed by atoms with E-state index in [9.17, 15) is 4.79 Å². The average molecular weight is 311 g/mol. The topological polar surface area (TPSA) is 76.2 Å². The number of fused-ring (bicyclic) bond motifs is 1. The monoisotopic (exact) mass is 311 g/mol. The Balaban J connectivity index is 1.95. The fourth-order valence-corrected chi connectivity index (χ4v) is 2.33. The highest BCUT2D eigenvalue weighted by molar-refractivity contribution is 5.82. The third-order valence-electron chi connectivity index (χ3n) is 3.51. The standard InChI is InChI=1S/C17H17N3O3/c1-22-14-8-12-13(9-15(14)23-2)19-17(20-16(12)21)18-10-11-6-4-3-5-7-11/h3-9H,10H2,1-2H3,(H2,18,19,20,21). The molecule has 3 aromatic rings. The SMILES string of the molecule is COc1cc2nc(NCc3ccccc3)[nH]c(=O)c2cc1OC. The summed E-state index contributed by atoms with van der Waals surface area (Å²) in [4.78, 5) is 19.4. The third kappa shape index (κ3) is 3.11. The minimum Gasteiger partial charge on any atom is -0.493 e. The first-order valence-corrected chi connectivity index (χ1v) is 7.15. The van der Waals surface area contributed by atoms with Crippen LogP contribution in [0.4, 0.5) is 5.95 Å². The molecule has 0 spiro atoms. The maximum atomic E-state index is 12.2. The number of nitrogens with one attached hydrogen (secondary N) is 2. The van der Waals surface area contributed by atoms with E-state index < -0.39 is 0 Å². The molecule has 1 aromatic heterocycles. The lowest BCUT2D eigenvalue weighted by atomic mass is 10.2. The summed E-state index contributed by atoms with van der Waals surface area (Å²) in [5.41, 5.74) is 1.41. The molecular formula is C17H17N3O3. The predicted octanol–water partition coefficient (Wildman–Crippen LogP) is 2.55. The van der Waals surface area contributed by atoms with Crippen LogP contribution in [0.5, 0.6) is 11.5 Å². The Labute approximate surface area is 133 Å². The molecule has 0 saturated carbocycles. The van der Waals surface area contributed by atoms with Gasteiger partial charge in [0.05, 0.1) is 25.1 Å². The number of aromatic amines is 1. The molecule has 0 fully saturated rings. The molecule has 0 aliphatic rings. The summed E-state index contributed by atoms with van der Waals surface area (Å²) in [6, 6.07) is 13.2. The predicted molar refractivity (Wildman–Crippen MR) is 89.2 cm³/mol. The van der Waals surface area contributed by atoms with E-state index in [0.717, 1.165) is 5.56 Å². The number of nitrogens with zero attached hydrogens (tertiary/aromatic N) is 1. The molecular weight excluding hydrogens is 294 g/mol. The lowest BCUT2D eigenvalue weighted by Crippen LogP contribution is -2.13. The van der Waals surface area contributed by atoms with Crippen LogP contribution in [0.3, 0.4) is 0 Å². The molecule has 2 N–H and O–H groups in total. The molecule has 0 saturated heterocycles. The summed E-state index contributed by atoms with van der Waals surface area (Å²) in [6.07, 6.45) is 0. The van der Waals surface area contributed by atoms with E-state index in [1.165, 1.54) is 7.11 Å². The molecule has 0 aliphatic carbocycles. The second-order valence-electron chi connectivity index (χ2n) is 4.98. The Morgan fingerprint density at radius 3 is 2.48 bits per heavy atom. The highest BCUT2D eigenvalue weighted by Gasteiger charge is 2.10. The largest absolute Gasteiger partial charge is 0.493 e. The fraction of sp³-hybridized carbons (Fsp3) is 0.176. The van der Waals surface area contributed by atoms with Crippen molar-refractivity contribution in [2.24, 2.45) is 0 Å². The highest BCUT2D eigenvalue weighted by atomic mass is 16.5. The second-order valence-corrected chi connectivity index (χ2v) is 4.98. The van der Waals surface area contributed by atoms with Crippen LogP contribution >= 0.6 is 0 Å². The zero-order valence-electron chi connectivity index (χ0n) is 12.9. The third-order valence-corrected chi connectivity index (χ3v) is 3.51. The Kier molecular flexibility index (Phi) is 4.14. The Bertz CT molecular complexity index is 875. The molecule has 3 rings (SSSR count). The van der Waals surface area contributed by atoms with Crippen LogP contribution in [0.25, 0.3) is 10.9 Å². The molecule has 0 radical (unpaired) electrons. The van der Waals surface area contributed by atoms with Crippen LogP contribution in [0, 0.1) is 0 Å². The molecule has 0 unspecified atom stereocenters. The van der Waals surface area contributed by atoms with Gasteiger partial charge in [-0.05, 0) is 11.6 Å². The molecule has 0 atom stereocenters. The molecule has 6 heteroatoms. The Morgan fingerprint density at radius 2 is 1.78 bits per heavy atom. The summed E-state index contributed by atoms with van der Waals surface area (Å²) in [6.45, 7) is 0.572. The van der Waals surface area contributed by atoms with Crippen LogP contribution in [0.2, 0.25) is 0 Å². The summed E-state index contributed by atoms with van der Waals surface area (Å²) in [5.74, 6) is 1.45. The van der Waals surface area contributed by atoms with Crippen molar-refractivity contribution in [2.75, 3.05) is 19.5 Å². The van der Waals surface area contributed by atoms with Gasteiger partial charge in [0.1, 0.15) is 0 Å². The molecule has 0 aliphatic heterocycles. The molecule has 118 valence electrons. The van der Waals surface area contributed by atoms with Crippen molar-refractivity contribution in [1.29, 1.82) is 0 Å². The first kappa shape index (κ1) is 14.9. The van der Waals surface area contributed by atoms with Gasteiger partial charge in [-0.15, -0.1) is 0 Å². The van der Waals surface area contributed by atoms with E-state index in [4.69, 9.17) is 9.47 Å². The molecule has 0 amide bonds. The average Bonchev–Trinajstić information content (AvgIpc) is 2.59. The van der Waals surface area contributed by atoms with E-state index in [1.54, 1.807) is 19.2 Å². The fourth-order valence-electron chi connectivity index (χ4n) is 2.33. The van der Waals surface area contributed by atoms with Gasteiger partial charge in [-0.25, -0.2) is 4.98 Å². The molecule has 6 nitrogen and oxygen atoms in total. The van der Waals surface area contributed by atoms with E-state index in [2.05, 4.69) is 15.3 Å². The quantitative estimate of drug-likeness (QED) is 0.757. The van der Waals surface area contributed by atoms with Crippen LogP contribution < -0.4 is 20.3 Å². The lowest BCUT2D eigenvalue weighted by molar-refractivity contribution is 0.355. The number of anilines is 1. The van der Waals surface area contributed by atoms with Gasteiger partial charge < -0.3 is 14.8 Å². The van der Waals surface area contributed by atoms with Crippen molar-refractivity contribution in [3.63, 3.8) is 0 Å².